The average molecular weight is 244 g/mol. The SMILES string of the molecule is Cn1ncc(-c2c(F)ccc(Cl)c2F)c1N. The zero-order valence-corrected chi connectivity index (χ0v) is 9.09. The lowest BCUT2D eigenvalue weighted by atomic mass is 10.1. The molecule has 1 aromatic heterocycles. The fourth-order valence-corrected chi connectivity index (χ4v) is 1.57. The van der Waals surface area contributed by atoms with Crippen LogP contribution in [0.25, 0.3) is 11.1 Å². The van der Waals surface area contributed by atoms with Crippen LogP contribution >= 0.6 is 11.6 Å². The third kappa shape index (κ3) is 1.53. The van der Waals surface area contributed by atoms with Crippen LogP contribution in [-0.4, -0.2) is 9.78 Å². The summed E-state index contributed by atoms with van der Waals surface area (Å²) in [5.74, 6) is -1.37. The molecule has 0 aliphatic carbocycles. The van der Waals surface area contributed by atoms with Crippen LogP contribution in [0.4, 0.5) is 14.6 Å². The van der Waals surface area contributed by atoms with Crippen LogP contribution in [-0.2, 0) is 7.05 Å². The predicted molar refractivity (Wildman–Crippen MR) is 58.0 cm³/mol. The molecule has 1 heterocycles. The van der Waals surface area contributed by atoms with Gasteiger partial charge in [0.1, 0.15) is 11.6 Å². The predicted octanol–water partition coefficient (Wildman–Crippen LogP) is 2.60. The number of nitrogens with two attached hydrogens (primary N) is 1. The molecule has 0 fully saturated rings. The monoisotopic (exact) mass is 243 g/mol. The maximum atomic E-state index is 13.7. The lowest BCUT2D eigenvalue weighted by Crippen LogP contribution is -1.99. The van der Waals surface area contributed by atoms with E-state index in [-0.39, 0.29) is 22.0 Å². The van der Waals surface area contributed by atoms with E-state index in [1.54, 1.807) is 7.05 Å². The quantitative estimate of drug-likeness (QED) is 0.783. The van der Waals surface area contributed by atoms with Crippen molar-refractivity contribution in [1.82, 2.24) is 9.78 Å². The molecule has 0 saturated carbocycles. The molecule has 0 radical (unpaired) electrons. The van der Waals surface area contributed by atoms with Gasteiger partial charge in [-0.2, -0.15) is 5.10 Å². The molecule has 0 aliphatic heterocycles. The van der Waals surface area contributed by atoms with E-state index in [1.807, 2.05) is 0 Å². The second-order valence-corrected chi connectivity index (χ2v) is 3.69. The first-order valence-electron chi connectivity index (χ1n) is 4.43. The topological polar surface area (TPSA) is 43.8 Å². The number of nitrogen functional groups attached to an aromatic ring is 1. The van der Waals surface area contributed by atoms with Crippen LogP contribution < -0.4 is 5.73 Å². The number of anilines is 1. The molecule has 0 saturated heterocycles. The molecule has 0 atom stereocenters. The van der Waals surface area contributed by atoms with Crippen molar-refractivity contribution in [3.63, 3.8) is 0 Å². The van der Waals surface area contributed by atoms with E-state index in [0.717, 1.165) is 12.1 Å². The highest BCUT2D eigenvalue weighted by Gasteiger charge is 2.18. The van der Waals surface area contributed by atoms with Crippen LogP contribution in [0.15, 0.2) is 18.3 Å². The van der Waals surface area contributed by atoms with Gasteiger partial charge in [0.15, 0.2) is 5.82 Å². The van der Waals surface area contributed by atoms with Gasteiger partial charge >= 0.3 is 0 Å². The summed E-state index contributed by atoms with van der Waals surface area (Å²) in [5, 5.41) is 3.67. The maximum absolute atomic E-state index is 13.7. The summed E-state index contributed by atoms with van der Waals surface area (Å²) in [5.41, 5.74) is 5.59. The van der Waals surface area contributed by atoms with E-state index in [0.29, 0.717) is 0 Å². The highest BCUT2D eigenvalue weighted by molar-refractivity contribution is 6.31. The van der Waals surface area contributed by atoms with E-state index in [9.17, 15) is 8.78 Å². The normalized spacial score (nSPS) is 10.8. The van der Waals surface area contributed by atoms with Crippen molar-refractivity contribution in [1.29, 1.82) is 0 Å². The molecular weight excluding hydrogens is 236 g/mol. The molecule has 84 valence electrons. The Bertz CT molecular complexity index is 551. The van der Waals surface area contributed by atoms with Crippen molar-refractivity contribution in [3.8, 4) is 11.1 Å². The van der Waals surface area contributed by atoms with Gasteiger partial charge in [-0.15, -0.1) is 0 Å². The average Bonchev–Trinajstić information content (AvgIpc) is 2.56. The second kappa shape index (κ2) is 3.75. The molecule has 2 rings (SSSR count). The number of hydrogen-bond acceptors (Lipinski definition) is 2. The molecular formula is C10H8ClF2N3. The van der Waals surface area contributed by atoms with E-state index in [4.69, 9.17) is 17.3 Å². The third-order valence-electron chi connectivity index (χ3n) is 2.30. The van der Waals surface area contributed by atoms with Gasteiger partial charge in [0.05, 0.1) is 16.8 Å². The summed E-state index contributed by atoms with van der Waals surface area (Å²) >= 11 is 5.59. The highest BCUT2D eigenvalue weighted by atomic mass is 35.5. The van der Waals surface area contributed by atoms with Crippen molar-refractivity contribution in [2.75, 3.05) is 5.73 Å². The van der Waals surface area contributed by atoms with E-state index in [2.05, 4.69) is 5.10 Å². The van der Waals surface area contributed by atoms with E-state index < -0.39 is 11.6 Å². The minimum Gasteiger partial charge on any atom is -0.383 e. The Morgan fingerprint density at radius 2 is 2.06 bits per heavy atom. The standard InChI is InChI=1S/C10H8ClF2N3/c1-16-10(14)5(4-15-16)8-7(12)3-2-6(11)9(8)13/h2-4H,14H2,1H3. The number of aromatic nitrogens is 2. The third-order valence-corrected chi connectivity index (χ3v) is 2.59. The minimum atomic E-state index is -0.832. The van der Waals surface area contributed by atoms with E-state index >= 15 is 0 Å². The fraction of sp³-hybridized carbons (Fsp3) is 0.100. The molecule has 0 amide bonds. The molecule has 0 bridgehead atoms. The van der Waals surface area contributed by atoms with Crippen molar-refractivity contribution in [3.05, 3.63) is 35.0 Å². The van der Waals surface area contributed by atoms with Gasteiger partial charge in [0.25, 0.3) is 0 Å². The molecule has 0 spiro atoms. The Hall–Kier alpha value is -1.62. The zero-order valence-electron chi connectivity index (χ0n) is 8.34. The molecule has 0 unspecified atom stereocenters. The minimum absolute atomic E-state index is 0.153. The zero-order chi connectivity index (χ0) is 11.9. The number of hydrogen-bond donors (Lipinski definition) is 1. The molecule has 2 N–H and O–H groups in total. The van der Waals surface area contributed by atoms with Gasteiger partial charge < -0.3 is 5.73 Å². The van der Waals surface area contributed by atoms with Gasteiger partial charge in [-0.1, -0.05) is 11.6 Å². The van der Waals surface area contributed by atoms with Gasteiger partial charge in [0, 0.05) is 12.6 Å². The largest absolute Gasteiger partial charge is 0.383 e. The van der Waals surface area contributed by atoms with Crippen molar-refractivity contribution >= 4 is 17.4 Å². The lowest BCUT2D eigenvalue weighted by molar-refractivity contribution is 0.590. The van der Waals surface area contributed by atoms with Crippen LogP contribution in [0.1, 0.15) is 0 Å². The Balaban J connectivity index is 2.73. The molecule has 3 nitrogen and oxygen atoms in total. The smallest absolute Gasteiger partial charge is 0.152 e. The molecule has 2 aromatic rings. The second-order valence-electron chi connectivity index (χ2n) is 3.29. The molecule has 1 aromatic carbocycles. The fourth-order valence-electron chi connectivity index (χ4n) is 1.41. The molecule has 0 aliphatic rings. The summed E-state index contributed by atoms with van der Waals surface area (Å²) in [7, 11) is 1.58. The number of benzene rings is 1. The first-order valence-corrected chi connectivity index (χ1v) is 4.81. The van der Waals surface area contributed by atoms with Gasteiger partial charge in [-0.05, 0) is 12.1 Å². The van der Waals surface area contributed by atoms with Gasteiger partial charge in [0.2, 0.25) is 0 Å². The summed E-state index contributed by atoms with van der Waals surface area (Å²) < 4.78 is 28.5. The summed E-state index contributed by atoms with van der Waals surface area (Å²) in [6.07, 6.45) is 1.30. The van der Waals surface area contributed by atoms with Crippen molar-refractivity contribution in [2.24, 2.45) is 7.05 Å². The van der Waals surface area contributed by atoms with Crippen LogP contribution in [0.5, 0.6) is 0 Å². The number of halogens is 3. The van der Waals surface area contributed by atoms with E-state index in [1.165, 1.54) is 10.9 Å². The van der Waals surface area contributed by atoms with Gasteiger partial charge in [-0.3, -0.25) is 4.68 Å². The first-order chi connectivity index (χ1) is 7.52. The Morgan fingerprint density at radius 1 is 1.38 bits per heavy atom. The maximum Gasteiger partial charge on any atom is 0.152 e. The van der Waals surface area contributed by atoms with Crippen LogP contribution in [0.2, 0.25) is 5.02 Å². The Kier molecular flexibility index (Phi) is 2.55. The number of rotatable bonds is 1. The highest BCUT2D eigenvalue weighted by Crippen LogP contribution is 2.33. The summed E-state index contributed by atoms with van der Waals surface area (Å²) in [6.45, 7) is 0. The lowest BCUT2D eigenvalue weighted by Gasteiger charge is -2.05. The summed E-state index contributed by atoms with van der Waals surface area (Å²) in [4.78, 5) is 0. The molecule has 6 heteroatoms. The molecule has 16 heavy (non-hydrogen) atoms. The van der Waals surface area contributed by atoms with Crippen LogP contribution in [0, 0.1) is 11.6 Å². The first kappa shape index (κ1) is 10.9. The van der Waals surface area contributed by atoms with Crippen molar-refractivity contribution < 1.29 is 8.78 Å². The Morgan fingerprint density at radius 3 is 2.62 bits per heavy atom. The Labute approximate surface area is 95.4 Å². The van der Waals surface area contributed by atoms with Gasteiger partial charge in [-0.25, -0.2) is 8.78 Å². The summed E-state index contributed by atoms with van der Waals surface area (Å²) in [6, 6.07) is 2.25. The number of aryl methyl sites for hydroxylation is 1. The van der Waals surface area contributed by atoms with Crippen molar-refractivity contribution in [2.45, 2.75) is 0 Å². The van der Waals surface area contributed by atoms with Crippen LogP contribution in [0.3, 0.4) is 0 Å². The number of nitrogens with zero attached hydrogens (tertiary/aromatic N) is 2.